The molecule has 5 heteroatoms. The van der Waals surface area contributed by atoms with Crippen LogP contribution >= 0.6 is 0 Å². The van der Waals surface area contributed by atoms with Crippen LogP contribution in [0.25, 0.3) is 0 Å². The molecule has 128 valence electrons. The van der Waals surface area contributed by atoms with Gasteiger partial charge in [0.25, 0.3) is 0 Å². The van der Waals surface area contributed by atoms with Crippen LogP contribution in [0.4, 0.5) is 0 Å². The van der Waals surface area contributed by atoms with Gasteiger partial charge in [0.05, 0.1) is 18.6 Å². The number of aliphatic hydroxyl groups is 1. The highest BCUT2D eigenvalue weighted by Gasteiger charge is 2.63. The molecular formula is C19H22O5. The predicted octanol–water partition coefficient (Wildman–Crippen LogP) is 3.11. The second kappa shape index (κ2) is 4.96. The Kier molecular flexibility index (Phi) is 3.04. The number of fused-ring (bicyclic) bond motifs is 1. The van der Waals surface area contributed by atoms with Gasteiger partial charge in [-0.1, -0.05) is 6.92 Å². The summed E-state index contributed by atoms with van der Waals surface area (Å²) in [5.41, 5.74) is 2.68. The summed E-state index contributed by atoms with van der Waals surface area (Å²) in [6.45, 7) is 2.17. The maximum atomic E-state index is 12.2. The lowest BCUT2D eigenvalue weighted by molar-refractivity contribution is -0.176. The molecule has 1 aromatic rings. The van der Waals surface area contributed by atoms with Gasteiger partial charge in [-0.05, 0) is 55.6 Å². The highest BCUT2D eigenvalue weighted by Crippen LogP contribution is 2.63. The van der Waals surface area contributed by atoms with E-state index in [9.17, 15) is 9.90 Å². The second-order valence-electron chi connectivity index (χ2n) is 7.76. The number of esters is 1. The summed E-state index contributed by atoms with van der Waals surface area (Å²) in [6, 6.07) is 1.90. The van der Waals surface area contributed by atoms with Gasteiger partial charge in [0.1, 0.15) is 6.10 Å². The van der Waals surface area contributed by atoms with Crippen molar-refractivity contribution in [2.75, 3.05) is 0 Å². The third-order valence-corrected chi connectivity index (χ3v) is 6.83. The third kappa shape index (κ3) is 1.74. The van der Waals surface area contributed by atoms with Crippen molar-refractivity contribution in [1.29, 1.82) is 0 Å². The smallest absolute Gasteiger partial charge is 0.334 e. The number of hydrogen-bond acceptors (Lipinski definition) is 5. The second-order valence-corrected chi connectivity index (χ2v) is 7.76. The molecule has 2 fully saturated rings. The molecule has 0 aromatic carbocycles. The summed E-state index contributed by atoms with van der Waals surface area (Å²) in [4.78, 5) is 12.2. The van der Waals surface area contributed by atoms with Crippen LogP contribution in [0.2, 0.25) is 0 Å². The van der Waals surface area contributed by atoms with Crippen LogP contribution in [-0.4, -0.2) is 23.5 Å². The summed E-state index contributed by atoms with van der Waals surface area (Å²) in [6.07, 6.45) is 6.60. The number of carbonyl (C=O) groups is 1. The molecule has 24 heavy (non-hydrogen) atoms. The van der Waals surface area contributed by atoms with E-state index in [1.165, 1.54) is 5.57 Å². The van der Waals surface area contributed by atoms with Gasteiger partial charge >= 0.3 is 5.97 Å². The number of hydrogen-bond donors (Lipinski definition) is 1. The SMILES string of the molecule is C[C@@H]1CC2OC(=O)C3=C2C(CCC3)C12C[C@@H](c1ccoc1)O[C@H]2O. The van der Waals surface area contributed by atoms with Crippen molar-refractivity contribution in [2.24, 2.45) is 17.3 Å². The standard InChI is InChI=1S/C19H22O5/c1-10-7-14-16-12(17(20)23-14)3-2-4-13(16)19(10)8-15(24-18(19)21)11-5-6-22-9-11/h5-6,9-10,13-15,18,21H,2-4,7-8H2,1H3/t10-,13?,14?,15+,18-,19?/m1/s1. The molecule has 2 aliphatic carbocycles. The van der Waals surface area contributed by atoms with E-state index in [2.05, 4.69) is 6.92 Å². The van der Waals surface area contributed by atoms with Crippen LogP contribution in [0.5, 0.6) is 0 Å². The lowest BCUT2D eigenvalue weighted by Crippen LogP contribution is -2.51. The minimum Gasteiger partial charge on any atom is -0.472 e. The van der Waals surface area contributed by atoms with E-state index in [1.54, 1.807) is 12.5 Å². The molecular weight excluding hydrogens is 308 g/mol. The number of rotatable bonds is 1. The number of carbonyl (C=O) groups excluding carboxylic acids is 1. The molecule has 2 aliphatic heterocycles. The molecule has 3 heterocycles. The van der Waals surface area contributed by atoms with Crippen molar-refractivity contribution in [3.63, 3.8) is 0 Å². The molecule has 1 saturated heterocycles. The van der Waals surface area contributed by atoms with E-state index >= 15 is 0 Å². The Morgan fingerprint density at radius 2 is 2.21 bits per heavy atom. The molecule has 0 bridgehead atoms. The summed E-state index contributed by atoms with van der Waals surface area (Å²) >= 11 is 0. The zero-order valence-corrected chi connectivity index (χ0v) is 13.7. The highest BCUT2D eigenvalue weighted by molar-refractivity contribution is 5.92. The molecule has 1 spiro atoms. The Hall–Kier alpha value is -1.59. The monoisotopic (exact) mass is 330 g/mol. The fourth-order valence-corrected chi connectivity index (χ4v) is 5.68. The summed E-state index contributed by atoms with van der Waals surface area (Å²) in [7, 11) is 0. The highest BCUT2D eigenvalue weighted by atomic mass is 16.6. The number of aliphatic hydroxyl groups excluding tert-OH is 1. The lowest BCUT2D eigenvalue weighted by atomic mass is 9.53. The van der Waals surface area contributed by atoms with E-state index in [1.807, 2.05) is 6.07 Å². The average Bonchev–Trinajstić information content (AvgIpc) is 3.26. The first-order valence-electron chi connectivity index (χ1n) is 8.91. The molecule has 1 N–H and O–H groups in total. The summed E-state index contributed by atoms with van der Waals surface area (Å²) in [5, 5.41) is 10.9. The molecule has 5 rings (SSSR count). The van der Waals surface area contributed by atoms with E-state index in [0.29, 0.717) is 0 Å². The minimum absolute atomic E-state index is 0.0846. The van der Waals surface area contributed by atoms with Gasteiger partial charge in [0.15, 0.2) is 6.29 Å². The van der Waals surface area contributed by atoms with Crippen molar-refractivity contribution < 1.29 is 23.8 Å². The Balaban J connectivity index is 1.58. The largest absolute Gasteiger partial charge is 0.472 e. The van der Waals surface area contributed by atoms with Gasteiger partial charge in [0.2, 0.25) is 0 Å². The first-order valence-corrected chi connectivity index (χ1v) is 8.91. The van der Waals surface area contributed by atoms with Crippen LogP contribution in [0.1, 0.15) is 50.7 Å². The minimum atomic E-state index is -0.819. The molecule has 6 atom stereocenters. The van der Waals surface area contributed by atoms with Crippen LogP contribution in [0.15, 0.2) is 34.2 Å². The van der Waals surface area contributed by atoms with Gasteiger partial charge in [0, 0.05) is 16.6 Å². The molecule has 3 unspecified atom stereocenters. The van der Waals surface area contributed by atoms with Gasteiger partial charge in [-0.2, -0.15) is 0 Å². The topological polar surface area (TPSA) is 68.9 Å². The Morgan fingerprint density at radius 3 is 3.00 bits per heavy atom. The molecule has 1 aromatic heterocycles. The van der Waals surface area contributed by atoms with Crippen LogP contribution in [-0.2, 0) is 14.3 Å². The van der Waals surface area contributed by atoms with Crippen molar-refractivity contribution >= 4 is 5.97 Å². The van der Waals surface area contributed by atoms with Gasteiger partial charge in [-0.15, -0.1) is 0 Å². The molecule has 1 saturated carbocycles. The predicted molar refractivity (Wildman–Crippen MR) is 83.6 cm³/mol. The first-order chi connectivity index (χ1) is 11.6. The quantitative estimate of drug-likeness (QED) is 0.801. The van der Waals surface area contributed by atoms with E-state index in [0.717, 1.165) is 43.2 Å². The fraction of sp³-hybridized carbons (Fsp3) is 0.632. The molecule has 0 radical (unpaired) electrons. The average molecular weight is 330 g/mol. The normalized spacial score (nSPS) is 44.1. The van der Waals surface area contributed by atoms with E-state index < -0.39 is 6.29 Å². The Labute approximate surface area is 140 Å². The third-order valence-electron chi connectivity index (χ3n) is 6.83. The molecule has 4 aliphatic rings. The zero-order valence-electron chi connectivity index (χ0n) is 13.7. The van der Waals surface area contributed by atoms with Gasteiger partial charge in [-0.25, -0.2) is 4.79 Å². The van der Waals surface area contributed by atoms with Gasteiger partial charge < -0.3 is 19.0 Å². The molecule has 0 amide bonds. The van der Waals surface area contributed by atoms with E-state index in [4.69, 9.17) is 13.9 Å². The Bertz CT molecular complexity index is 705. The van der Waals surface area contributed by atoms with Crippen molar-refractivity contribution in [3.05, 3.63) is 35.3 Å². The maximum Gasteiger partial charge on any atom is 0.334 e. The summed E-state index contributed by atoms with van der Waals surface area (Å²) < 4.78 is 16.8. The van der Waals surface area contributed by atoms with Gasteiger partial charge in [-0.3, -0.25) is 0 Å². The molecule has 5 nitrogen and oxygen atoms in total. The number of ether oxygens (including phenoxy) is 2. The van der Waals surface area contributed by atoms with Crippen LogP contribution < -0.4 is 0 Å². The maximum absolute atomic E-state index is 12.2. The lowest BCUT2D eigenvalue weighted by Gasteiger charge is -2.50. The van der Waals surface area contributed by atoms with Crippen LogP contribution in [0.3, 0.4) is 0 Å². The Morgan fingerprint density at radius 1 is 1.33 bits per heavy atom. The fourth-order valence-electron chi connectivity index (χ4n) is 5.68. The zero-order chi connectivity index (χ0) is 16.5. The van der Waals surface area contributed by atoms with Crippen LogP contribution in [0, 0.1) is 17.3 Å². The van der Waals surface area contributed by atoms with Crippen molar-refractivity contribution in [3.8, 4) is 0 Å². The van der Waals surface area contributed by atoms with E-state index in [-0.39, 0.29) is 35.4 Å². The van der Waals surface area contributed by atoms with Crippen molar-refractivity contribution in [1.82, 2.24) is 0 Å². The number of furan rings is 1. The van der Waals surface area contributed by atoms with Crippen molar-refractivity contribution in [2.45, 2.75) is 57.5 Å². The summed E-state index contributed by atoms with van der Waals surface area (Å²) in [5.74, 6) is 0.269. The first kappa shape index (κ1) is 14.7.